The molecule has 0 atom stereocenters. The van der Waals surface area contributed by atoms with Crippen LogP contribution in [0.25, 0.3) is 16.9 Å². The lowest BCUT2D eigenvalue weighted by Gasteiger charge is -2.06. The Morgan fingerprint density at radius 3 is 2.82 bits per heavy atom. The molecule has 22 heavy (non-hydrogen) atoms. The van der Waals surface area contributed by atoms with Crippen molar-refractivity contribution in [3.05, 3.63) is 52.8 Å². The lowest BCUT2D eigenvalue weighted by molar-refractivity contribution is 0.0976. The van der Waals surface area contributed by atoms with E-state index in [0.717, 1.165) is 23.2 Å². The lowest BCUT2D eigenvalue weighted by Crippen LogP contribution is -2.01. The van der Waals surface area contributed by atoms with E-state index in [4.69, 9.17) is 11.6 Å². The van der Waals surface area contributed by atoms with Gasteiger partial charge in [-0.15, -0.1) is 0 Å². The summed E-state index contributed by atoms with van der Waals surface area (Å²) in [5.74, 6) is 0.0425. The van der Waals surface area contributed by atoms with E-state index in [2.05, 4.69) is 10.1 Å². The minimum absolute atomic E-state index is 0.0425. The van der Waals surface area contributed by atoms with Gasteiger partial charge in [0.05, 0.1) is 5.69 Å². The Kier molecular flexibility index (Phi) is 3.94. The van der Waals surface area contributed by atoms with Crippen LogP contribution in [-0.4, -0.2) is 20.4 Å². The Balaban J connectivity index is 2.13. The predicted octanol–water partition coefficient (Wildman–Crippen LogP) is 4.34. The van der Waals surface area contributed by atoms with Gasteiger partial charge in [-0.3, -0.25) is 4.79 Å². The molecule has 0 spiro atoms. The van der Waals surface area contributed by atoms with Gasteiger partial charge in [-0.2, -0.15) is 5.10 Å². The van der Waals surface area contributed by atoms with Gasteiger partial charge in [0.15, 0.2) is 11.4 Å². The van der Waals surface area contributed by atoms with Crippen molar-refractivity contribution in [2.24, 2.45) is 0 Å². The maximum atomic E-state index is 12.0. The van der Waals surface area contributed by atoms with E-state index in [1.165, 1.54) is 0 Å². The summed E-state index contributed by atoms with van der Waals surface area (Å²) in [6.45, 7) is 3.94. The molecule has 0 saturated heterocycles. The third-order valence-corrected chi connectivity index (χ3v) is 4.00. The third-order valence-electron chi connectivity index (χ3n) is 3.59. The molecule has 0 N–H and O–H groups in total. The highest BCUT2D eigenvalue weighted by Gasteiger charge is 2.13. The molecule has 3 rings (SSSR count). The molecule has 5 heteroatoms. The zero-order valence-electron chi connectivity index (χ0n) is 12.5. The fourth-order valence-corrected chi connectivity index (χ4v) is 2.54. The van der Waals surface area contributed by atoms with Crippen molar-refractivity contribution in [2.75, 3.05) is 0 Å². The number of aromatic nitrogens is 3. The number of benzene rings is 1. The molecule has 4 nitrogen and oxygen atoms in total. The van der Waals surface area contributed by atoms with Gasteiger partial charge in [-0.25, -0.2) is 9.50 Å². The molecule has 0 unspecified atom stereocenters. The van der Waals surface area contributed by atoms with Gasteiger partial charge < -0.3 is 0 Å². The highest BCUT2D eigenvalue weighted by Crippen LogP contribution is 2.25. The van der Waals surface area contributed by atoms with E-state index in [1.807, 2.05) is 38.1 Å². The molecule has 2 heterocycles. The minimum atomic E-state index is 0.0425. The van der Waals surface area contributed by atoms with Gasteiger partial charge in [0.2, 0.25) is 0 Å². The Bertz CT molecular complexity index is 854. The zero-order chi connectivity index (χ0) is 15.7. The number of hydrogen-bond acceptors (Lipinski definition) is 3. The lowest BCUT2D eigenvalue weighted by atomic mass is 10.1. The van der Waals surface area contributed by atoms with Crippen LogP contribution in [0.5, 0.6) is 0 Å². The van der Waals surface area contributed by atoms with Crippen LogP contribution in [0.15, 0.2) is 36.5 Å². The summed E-state index contributed by atoms with van der Waals surface area (Å²) in [7, 11) is 0. The standard InChI is InChI=1S/C17H16ClN3O/c1-3-4-16(22)14-10-17-19-8-7-15(21(17)20-14)12-6-5-11(2)13(18)9-12/h5-10H,3-4H2,1-2H3. The van der Waals surface area contributed by atoms with Crippen molar-refractivity contribution >= 4 is 23.0 Å². The molecular formula is C17H16ClN3O. The average Bonchev–Trinajstić information content (AvgIpc) is 2.94. The van der Waals surface area contributed by atoms with Crippen molar-refractivity contribution in [3.8, 4) is 11.3 Å². The van der Waals surface area contributed by atoms with Gasteiger partial charge in [0, 0.05) is 29.3 Å². The summed E-state index contributed by atoms with van der Waals surface area (Å²) in [5, 5.41) is 5.13. The first-order valence-corrected chi connectivity index (χ1v) is 7.62. The number of nitrogens with zero attached hydrogens (tertiary/aromatic N) is 3. The number of ketones is 1. The second kappa shape index (κ2) is 5.89. The highest BCUT2D eigenvalue weighted by atomic mass is 35.5. The van der Waals surface area contributed by atoms with Crippen LogP contribution in [0.3, 0.4) is 0 Å². The predicted molar refractivity (Wildman–Crippen MR) is 87.4 cm³/mol. The molecule has 0 bridgehead atoms. The Hall–Kier alpha value is -2.20. The quantitative estimate of drug-likeness (QED) is 0.673. The van der Waals surface area contributed by atoms with E-state index >= 15 is 0 Å². The molecule has 1 aromatic carbocycles. The highest BCUT2D eigenvalue weighted by molar-refractivity contribution is 6.31. The van der Waals surface area contributed by atoms with Gasteiger partial charge in [0.1, 0.15) is 5.69 Å². The average molecular weight is 314 g/mol. The molecule has 0 aliphatic heterocycles. The largest absolute Gasteiger partial charge is 0.292 e. The summed E-state index contributed by atoms with van der Waals surface area (Å²) in [5.41, 5.74) is 3.95. The maximum absolute atomic E-state index is 12.0. The van der Waals surface area contributed by atoms with E-state index in [1.54, 1.807) is 16.8 Å². The van der Waals surface area contributed by atoms with Gasteiger partial charge in [0.25, 0.3) is 0 Å². The first-order chi connectivity index (χ1) is 10.6. The van der Waals surface area contributed by atoms with E-state index < -0.39 is 0 Å². The van der Waals surface area contributed by atoms with Crippen molar-refractivity contribution < 1.29 is 4.79 Å². The number of fused-ring (bicyclic) bond motifs is 1. The van der Waals surface area contributed by atoms with Crippen LogP contribution in [0.2, 0.25) is 5.02 Å². The first-order valence-electron chi connectivity index (χ1n) is 7.24. The Labute approximate surface area is 133 Å². The molecule has 0 saturated carbocycles. The maximum Gasteiger partial charge on any atom is 0.183 e. The van der Waals surface area contributed by atoms with Crippen molar-refractivity contribution in [1.82, 2.24) is 14.6 Å². The number of carbonyl (C=O) groups excluding carboxylic acids is 1. The number of carbonyl (C=O) groups is 1. The summed E-state index contributed by atoms with van der Waals surface area (Å²) in [6.07, 6.45) is 3.02. The molecule has 0 aliphatic carbocycles. The van der Waals surface area contributed by atoms with E-state index in [9.17, 15) is 4.79 Å². The SMILES string of the molecule is CCCC(=O)c1cc2nccc(-c3ccc(C)c(Cl)c3)n2n1. The molecular weight excluding hydrogens is 298 g/mol. The van der Waals surface area contributed by atoms with Crippen molar-refractivity contribution in [2.45, 2.75) is 26.7 Å². The Morgan fingerprint density at radius 1 is 1.27 bits per heavy atom. The first kappa shape index (κ1) is 14.7. The fourth-order valence-electron chi connectivity index (χ4n) is 2.36. The van der Waals surface area contributed by atoms with Gasteiger partial charge >= 0.3 is 0 Å². The zero-order valence-corrected chi connectivity index (χ0v) is 13.3. The van der Waals surface area contributed by atoms with E-state index in [0.29, 0.717) is 22.8 Å². The summed E-state index contributed by atoms with van der Waals surface area (Å²) in [6, 6.07) is 9.47. The fraction of sp³-hybridized carbons (Fsp3) is 0.235. The van der Waals surface area contributed by atoms with Crippen LogP contribution in [0.1, 0.15) is 35.8 Å². The van der Waals surface area contributed by atoms with Gasteiger partial charge in [-0.05, 0) is 31.0 Å². The van der Waals surface area contributed by atoms with Crippen LogP contribution >= 0.6 is 11.6 Å². The number of Topliss-reactive ketones (excluding diaryl/α,β-unsaturated/α-hetero) is 1. The van der Waals surface area contributed by atoms with Crippen molar-refractivity contribution in [1.29, 1.82) is 0 Å². The molecule has 112 valence electrons. The summed E-state index contributed by atoms with van der Waals surface area (Å²) in [4.78, 5) is 16.3. The molecule has 0 fully saturated rings. The van der Waals surface area contributed by atoms with Crippen LogP contribution in [0, 0.1) is 6.92 Å². The van der Waals surface area contributed by atoms with Crippen LogP contribution < -0.4 is 0 Å². The summed E-state index contributed by atoms with van der Waals surface area (Å²) < 4.78 is 1.70. The Morgan fingerprint density at radius 2 is 2.09 bits per heavy atom. The van der Waals surface area contributed by atoms with E-state index in [-0.39, 0.29) is 5.78 Å². The van der Waals surface area contributed by atoms with Crippen molar-refractivity contribution in [3.63, 3.8) is 0 Å². The molecule has 0 radical (unpaired) electrons. The molecule has 0 aliphatic rings. The minimum Gasteiger partial charge on any atom is -0.292 e. The number of aryl methyl sites for hydroxylation is 1. The molecule has 2 aromatic heterocycles. The number of halogens is 1. The van der Waals surface area contributed by atoms with Gasteiger partial charge in [-0.1, -0.05) is 30.7 Å². The normalized spacial score (nSPS) is 11.0. The smallest absolute Gasteiger partial charge is 0.183 e. The monoisotopic (exact) mass is 313 g/mol. The third kappa shape index (κ3) is 2.62. The topological polar surface area (TPSA) is 47.3 Å². The number of hydrogen-bond donors (Lipinski definition) is 0. The molecule has 0 amide bonds. The number of rotatable bonds is 4. The molecule has 3 aromatic rings. The second-order valence-electron chi connectivity index (χ2n) is 5.27. The van der Waals surface area contributed by atoms with Crippen LogP contribution in [-0.2, 0) is 0 Å². The summed E-state index contributed by atoms with van der Waals surface area (Å²) >= 11 is 6.21. The van der Waals surface area contributed by atoms with Crippen LogP contribution in [0.4, 0.5) is 0 Å². The second-order valence-corrected chi connectivity index (χ2v) is 5.67.